The molecule has 2 radical (unpaired) electrons. The Kier molecular flexibility index (Phi) is 1.70. The van der Waals surface area contributed by atoms with E-state index in [1.54, 1.807) is 6.92 Å². The van der Waals surface area contributed by atoms with Crippen molar-refractivity contribution < 1.29 is 4.79 Å². The third-order valence-electron chi connectivity index (χ3n) is 6.63. The van der Waals surface area contributed by atoms with E-state index in [1.165, 1.54) is 19.3 Å². The molecule has 0 aromatic rings. The topological polar surface area (TPSA) is 29.1 Å². The molecule has 4 saturated carbocycles. The highest BCUT2D eigenvalue weighted by molar-refractivity contribution is 6.15. The first kappa shape index (κ1) is 11.4. The Morgan fingerprint density at radius 1 is 1.17 bits per heavy atom. The van der Waals surface area contributed by atoms with Gasteiger partial charge in [0.15, 0.2) is 0 Å². The molecule has 96 valence electrons. The minimum atomic E-state index is -0.124. The van der Waals surface area contributed by atoms with Crippen molar-refractivity contribution in [1.29, 1.82) is 0 Å². The standard InChI is InChI=1S/C15H22BNO/c1-9(18)17-14-4-10-13(3,6-12(2,16)7-14)11-5-15(10,11)8-14/h10-11H,4-8H2,1-3H3,(H,17,18). The lowest BCUT2D eigenvalue weighted by atomic mass is 9.47. The fourth-order valence-corrected chi connectivity index (χ4v) is 6.85. The third-order valence-corrected chi connectivity index (χ3v) is 6.63. The van der Waals surface area contributed by atoms with Gasteiger partial charge in [-0.15, -0.1) is 0 Å². The highest BCUT2D eigenvalue weighted by Gasteiger charge is 2.84. The van der Waals surface area contributed by atoms with E-state index in [1.807, 2.05) is 0 Å². The zero-order valence-corrected chi connectivity index (χ0v) is 11.7. The minimum Gasteiger partial charge on any atom is -0.351 e. The van der Waals surface area contributed by atoms with Crippen molar-refractivity contribution in [2.75, 3.05) is 0 Å². The molecule has 0 saturated heterocycles. The lowest BCUT2D eigenvalue weighted by Gasteiger charge is -2.54. The first-order valence-electron chi connectivity index (χ1n) is 7.29. The number of amides is 1. The molecular formula is C15H22BNO. The van der Waals surface area contributed by atoms with E-state index in [-0.39, 0.29) is 16.8 Å². The summed E-state index contributed by atoms with van der Waals surface area (Å²) in [5.41, 5.74) is 1.07. The summed E-state index contributed by atoms with van der Waals surface area (Å²) in [7, 11) is 6.55. The van der Waals surface area contributed by atoms with Crippen molar-refractivity contribution >= 4 is 13.8 Å². The predicted octanol–water partition coefficient (Wildman–Crippen LogP) is 2.44. The van der Waals surface area contributed by atoms with Gasteiger partial charge in [0.2, 0.25) is 5.91 Å². The SMILES string of the molecule is [B]C1(C)CC2(NC(C)=O)CC3C(C)(C1)C1CC31C2. The highest BCUT2D eigenvalue weighted by Crippen LogP contribution is 2.89. The molecule has 1 N–H and O–H groups in total. The van der Waals surface area contributed by atoms with Crippen molar-refractivity contribution in [3.8, 4) is 0 Å². The maximum atomic E-state index is 11.6. The fourth-order valence-electron chi connectivity index (χ4n) is 6.85. The van der Waals surface area contributed by atoms with Crippen molar-refractivity contribution in [3.05, 3.63) is 0 Å². The number of hydrogen-bond donors (Lipinski definition) is 1. The van der Waals surface area contributed by atoms with Gasteiger partial charge in [0.1, 0.15) is 0 Å². The van der Waals surface area contributed by atoms with E-state index < -0.39 is 0 Å². The molecular weight excluding hydrogens is 221 g/mol. The Morgan fingerprint density at radius 3 is 2.50 bits per heavy atom. The molecule has 4 aliphatic carbocycles. The van der Waals surface area contributed by atoms with Gasteiger partial charge in [0.05, 0.1) is 7.85 Å². The largest absolute Gasteiger partial charge is 0.351 e. The van der Waals surface area contributed by atoms with E-state index in [0.29, 0.717) is 10.8 Å². The van der Waals surface area contributed by atoms with Gasteiger partial charge in [0.25, 0.3) is 0 Å². The van der Waals surface area contributed by atoms with Crippen molar-refractivity contribution in [2.45, 2.75) is 63.7 Å². The molecule has 6 unspecified atom stereocenters. The van der Waals surface area contributed by atoms with Crippen LogP contribution in [-0.2, 0) is 4.79 Å². The number of fused-ring (bicyclic) bond motifs is 2. The second-order valence-electron chi connectivity index (χ2n) is 8.40. The minimum absolute atomic E-state index is 0.00299. The average Bonchev–Trinajstić information content (AvgIpc) is 2.74. The summed E-state index contributed by atoms with van der Waals surface area (Å²) in [5, 5.41) is 3.17. The van der Waals surface area contributed by atoms with Gasteiger partial charge in [0, 0.05) is 12.5 Å². The molecule has 0 heterocycles. The van der Waals surface area contributed by atoms with E-state index >= 15 is 0 Å². The van der Waals surface area contributed by atoms with Crippen LogP contribution in [0.2, 0.25) is 5.31 Å². The molecule has 18 heavy (non-hydrogen) atoms. The van der Waals surface area contributed by atoms with Crippen LogP contribution in [0, 0.1) is 22.7 Å². The fraction of sp³-hybridized carbons (Fsp3) is 0.933. The molecule has 0 aromatic heterocycles. The number of carbonyl (C=O) groups is 1. The molecule has 4 fully saturated rings. The molecule has 6 atom stereocenters. The van der Waals surface area contributed by atoms with Crippen molar-refractivity contribution in [1.82, 2.24) is 5.32 Å². The molecule has 2 nitrogen and oxygen atoms in total. The number of hydrogen-bond acceptors (Lipinski definition) is 1. The van der Waals surface area contributed by atoms with Gasteiger partial charge in [-0.3, -0.25) is 4.79 Å². The molecule has 1 spiro atoms. The Hall–Kier alpha value is -0.465. The predicted molar refractivity (Wildman–Crippen MR) is 71.3 cm³/mol. The van der Waals surface area contributed by atoms with Crippen LogP contribution < -0.4 is 5.32 Å². The smallest absolute Gasteiger partial charge is 0.217 e. The molecule has 2 bridgehead atoms. The second-order valence-corrected chi connectivity index (χ2v) is 8.40. The van der Waals surface area contributed by atoms with Crippen LogP contribution in [0.5, 0.6) is 0 Å². The Balaban J connectivity index is 1.76. The zero-order chi connectivity index (χ0) is 13.0. The summed E-state index contributed by atoms with van der Waals surface area (Å²) in [6.45, 7) is 6.29. The maximum Gasteiger partial charge on any atom is 0.217 e. The number of nitrogens with one attached hydrogen (secondary N) is 1. The molecule has 0 aromatic carbocycles. The van der Waals surface area contributed by atoms with Gasteiger partial charge in [-0.2, -0.15) is 0 Å². The quantitative estimate of drug-likeness (QED) is 0.704. The molecule has 0 aliphatic heterocycles. The van der Waals surface area contributed by atoms with Gasteiger partial charge >= 0.3 is 0 Å². The summed E-state index contributed by atoms with van der Waals surface area (Å²) < 4.78 is 0. The van der Waals surface area contributed by atoms with Gasteiger partial charge in [-0.1, -0.05) is 19.2 Å². The van der Waals surface area contributed by atoms with Crippen LogP contribution in [0.25, 0.3) is 0 Å². The summed E-state index contributed by atoms with van der Waals surface area (Å²) in [6, 6.07) is 0. The van der Waals surface area contributed by atoms with Crippen LogP contribution in [0.1, 0.15) is 52.9 Å². The second kappa shape index (κ2) is 2.69. The Labute approximate surface area is 111 Å². The first-order valence-corrected chi connectivity index (χ1v) is 7.29. The van der Waals surface area contributed by atoms with E-state index in [9.17, 15) is 4.79 Å². The van der Waals surface area contributed by atoms with Crippen molar-refractivity contribution in [2.24, 2.45) is 22.7 Å². The van der Waals surface area contributed by atoms with E-state index in [2.05, 4.69) is 19.2 Å². The zero-order valence-electron chi connectivity index (χ0n) is 11.7. The van der Waals surface area contributed by atoms with Gasteiger partial charge in [-0.25, -0.2) is 0 Å². The molecule has 4 aliphatic rings. The number of carbonyl (C=O) groups excluding carboxylic acids is 1. The summed E-state index contributed by atoms with van der Waals surface area (Å²) in [5.74, 6) is 1.82. The van der Waals surface area contributed by atoms with E-state index in [0.717, 1.165) is 24.7 Å². The van der Waals surface area contributed by atoms with Crippen LogP contribution in [0.15, 0.2) is 0 Å². The molecule has 1 amide bonds. The molecule has 3 heteroatoms. The Morgan fingerprint density at radius 2 is 1.83 bits per heavy atom. The lowest BCUT2D eigenvalue weighted by molar-refractivity contribution is -0.121. The Bertz CT molecular complexity index is 461. The van der Waals surface area contributed by atoms with Gasteiger partial charge < -0.3 is 5.32 Å². The van der Waals surface area contributed by atoms with Crippen LogP contribution in [-0.4, -0.2) is 19.3 Å². The summed E-state index contributed by atoms with van der Waals surface area (Å²) in [6.07, 6.45) is 5.85. The highest BCUT2D eigenvalue weighted by atomic mass is 16.1. The number of rotatable bonds is 1. The van der Waals surface area contributed by atoms with E-state index in [4.69, 9.17) is 7.85 Å². The average molecular weight is 243 g/mol. The summed E-state index contributed by atoms with van der Waals surface area (Å²) >= 11 is 0. The maximum absolute atomic E-state index is 11.6. The van der Waals surface area contributed by atoms with Crippen LogP contribution >= 0.6 is 0 Å². The van der Waals surface area contributed by atoms with Crippen LogP contribution in [0.4, 0.5) is 0 Å². The normalized spacial score (nSPS) is 63.5. The van der Waals surface area contributed by atoms with Crippen LogP contribution in [0.3, 0.4) is 0 Å². The molecule has 4 rings (SSSR count). The van der Waals surface area contributed by atoms with Gasteiger partial charge in [-0.05, 0) is 54.8 Å². The summed E-state index contributed by atoms with van der Waals surface area (Å²) in [4.78, 5) is 11.6. The first-order chi connectivity index (χ1) is 8.22. The third kappa shape index (κ3) is 1.10. The lowest BCUT2D eigenvalue weighted by Crippen LogP contribution is -2.49. The monoisotopic (exact) mass is 243 g/mol. The van der Waals surface area contributed by atoms with Crippen molar-refractivity contribution in [3.63, 3.8) is 0 Å².